The summed E-state index contributed by atoms with van der Waals surface area (Å²) in [5.74, 6) is -3.06. The Morgan fingerprint density at radius 2 is 1.80 bits per heavy atom. The van der Waals surface area contributed by atoms with Gasteiger partial charge in [-0.25, -0.2) is 0 Å². The Bertz CT molecular complexity index is 1450. The van der Waals surface area contributed by atoms with Gasteiger partial charge in [-0.3, -0.25) is 14.4 Å². The second-order valence-corrected chi connectivity index (χ2v) is 13.4. The van der Waals surface area contributed by atoms with Gasteiger partial charge in [-0.05, 0) is 75.5 Å². The van der Waals surface area contributed by atoms with Crippen LogP contribution in [0.4, 0.5) is 5.69 Å². The van der Waals surface area contributed by atoms with Gasteiger partial charge in [0.05, 0.1) is 30.8 Å². The quantitative estimate of drug-likeness (QED) is 0.173. The van der Waals surface area contributed by atoms with E-state index in [9.17, 15) is 14.7 Å². The molecule has 1 spiro atoms. The molecule has 8 nitrogen and oxygen atoms in total. The van der Waals surface area contributed by atoms with Crippen LogP contribution in [-0.2, 0) is 30.3 Å². The van der Waals surface area contributed by atoms with Crippen molar-refractivity contribution < 1.29 is 29.0 Å². The van der Waals surface area contributed by atoms with Crippen LogP contribution in [0.5, 0.6) is 0 Å². The maximum absolute atomic E-state index is 15.2. The van der Waals surface area contributed by atoms with Crippen molar-refractivity contribution in [3.63, 3.8) is 0 Å². The number of nitrogens with zero attached hydrogens (tertiary/aromatic N) is 2. The van der Waals surface area contributed by atoms with E-state index in [4.69, 9.17) is 9.47 Å². The zero-order chi connectivity index (χ0) is 33.2. The number of hydrogen-bond acceptors (Lipinski definition) is 6. The molecule has 3 heterocycles. The number of carbonyl (C=O) groups excluding carboxylic acids is 3. The minimum Gasteiger partial charge on any atom is -0.465 e. The molecule has 0 aliphatic carbocycles. The summed E-state index contributed by atoms with van der Waals surface area (Å²) >= 11 is 0. The highest BCUT2D eigenvalue weighted by molar-refractivity contribution is 6.05. The SMILES string of the molecule is C=CCCCCOC(=O)[C@@H]1[C@H]2C(=O)N([C@@H](CO)Cc3ccccc3)C(C(=O)N(CC=C)c3c(C)cccc3C)C23CC(C)[C@@]1(C)O3. The number of carbonyl (C=O) groups is 3. The molecule has 46 heavy (non-hydrogen) atoms. The van der Waals surface area contributed by atoms with E-state index in [0.29, 0.717) is 19.3 Å². The highest BCUT2D eigenvalue weighted by atomic mass is 16.6. The number of anilines is 1. The van der Waals surface area contributed by atoms with Gasteiger partial charge in [0.15, 0.2) is 0 Å². The lowest BCUT2D eigenvalue weighted by atomic mass is 9.62. The summed E-state index contributed by atoms with van der Waals surface area (Å²) in [6.07, 6.45) is 6.63. The molecule has 0 radical (unpaired) electrons. The first kappa shape index (κ1) is 33.6. The normalized spacial score (nSPS) is 28.5. The van der Waals surface area contributed by atoms with Gasteiger partial charge in [-0.2, -0.15) is 0 Å². The summed E-state index contributed by atoms with van der Waals surface area (Å²) in [6, 6.07) is 13.7. The number of allylic oxidation sites excluding steroid dienone is 1. The van der Waals surface area contributed by atoms with Crippen LogP contribution in [0.1, 0.15) is 56.2 Å². The van der Waals surface area contributed by atoms with Crippen molar-refractivity contribution in [1.29, 1.82) is 0 Å². The summed E-state index contributed by atoms with van der Waals surface area (Å²) in [6.45, 7) is 15.6. The molecule has 3 aliphatic rings. The third-order valence-electron chi connectivity index (χ3n) is 10.5. The molecule has 8 heteroatoms. The fourth-order valence-electron chi connectivity index (χ4n) is 8.30. The standard InChI is InChI=1S/C38H48N2O6/c1-7-9-10-14-21-45-36(44)31-30-34(42)40(29(24-41)22-28-18-12-11-13-19-28)33(38(30)23-27(5)37(31,6)46-38)35(43)39(20-8-2)32-25(3)16-15-17-26(32)4/h7-8,11-13,15-19,27,29-31,33,41H,1-2,9-10,14,20-24H2,3-6H3/t27?,29-,30+,31+,33?,37-,38?/m1/s1. The van der Waals surface area contributed by atoms with E-state index in [2.05, 4.69) is 13.2 Å². The number of aliphatic hydroxyl groups is 1. The number of ether oxygens (including phenoxy) is 2. The highest BCUT2D eigenvalue weighted by Gasteiger charge is 2.80. The number of unbranched alkanes of at least 4 members (excludes halogenated alkanes) is 2. The van der Waals surface area contributed by atoms with Gasteiger partial charge in [-0.15, -0.1) is 13.2 Å². The Kier molecular flexibility index (Phi) is 9.89. The summed E-state index contributed by atoms with van der Waals surface area (Å²) in [7, 11) is 0. The third kappa shape index (κ3) is 5.60. The molecule has 246 valence electrons. The predicted octanol–water partition coefficient (Wildman–Crippen LogP) is 5.34. The van der Waals surface area contributed by atoms with Crippen molar-refractivity contribution in [2.24, 2.45) is 17.8 Å². The lowest BCUT2D eigenvalue weighted by Crippen LogP contribution is -2.59. The van der Waals surface area contributed by atoms with Crippen molar-refractivity contribution in [2.45, 2.75) is 83.1 Å². The van der Waals surface area contributed by atoms with E-state index in [0.717, 1.165) is 35.2 Å². The molecule has 1 N–H and O–H groups in total. The Balaban J connectivity index is 1.61. The predicted molar refractivity (Wildman–Crippen MR) is 178 cm³/mol. The molecule has 3 unspecified atom stereocenters. The zero-order valence-corrected chi connectivity index (χ0v) is 27.6. The molecular formula is C38H48N2O6. The van der Waals surface area contributed by atoms with Crippen molar-refractivity contribution in [3.8, 4) is 0 Å². The van der Waals surface area contributed by atoms with E-state index >= 15 is 4.79 Å². The van der Waals surface area contributed by atoms with E-state index in [-0.39, 0.29) is 37.5 Å². The smallest absolute Gasteiger partial charge is 0.312 e. The number of fused-ring (bicyclic) bond motifs is 1. The molecule has 0 aromatic heterocycles. The lowest BCUT2D eigenvalue weighted by Gasteiger charge is -2.40. The number of aliphatic hydroxyl groups excluding tert-OH is 1. The first-order chi connectivity index (χ1) is 22.0. The summed E-state index contributed by atoms with van der Waals surface area (Å²) < 4.78 is 12.7. The number of likely N-dealkylation sites (tertiary alicyclic amines) is 1. The van der Waals surface area contributed by atoms with Gasteiger partial charge in [0.1, 0.15) is 17.6 Å². The van der Waals surface area contributed by atoms with Gasteiger partial charge < -0.3 is 24.4 Å². The van der Waals surface area contributed by atoms with Crippen molar-refractivity contribution in [3.05, 3.63) is 90.5 Å². The van der Waals surface area contributed by atoms with E-state index in [1.165, 1.54) is 0 Å². The number of rotatable bonds is 14. The second-order valence-electron chi connectivity index (χ2n) is 13.4. The number of amides is 2. The summed E-state index contributed by atoms with van der Waals surface area (Å²) in [5, 5.41) is 10.8. The zero-order valence-electron chi connectivity index (χ0n) is 27.6. The number of benzene rings is 2. The van der Waals surface area contributed by atoms with E-state index < -0.39 is 41.1 Å². The van der Waals surface area contributed by atoms with Gasteiger partial charge in [0.25, 0.3) is 5.91 Å². The maximum Gasteiger partial charge on any atom is 0.312 e. The minimum absolute atomic E-state index is 0.125. The monoisotopic (exact) mass is 628 g/mol. The van der Waals surface area contributed by atoms with Gasteiger partial charge in [0.2, 0.25) is 5.91 Å². The molecule has 0 saturated carbocycles. The topological polar surface area (TPSA) is 96.4 Å². The molecular weight excluding hydrogens is 580 g/mol. The lowest BCUT2D eigenvalue weighted by molar-refractivity contribution is -0.162. The molecule has 5 rings (SSSR count). The summed E-state index contributed by atoms with van der Waals surface area (Å²) in [4.78, 5) is 47.1. The number of esters is 1. The van der Waals surface area contributed by atoms with Crippen LogP contribution >= 0.6 is 0 Å². The molecule has 3 aliphatic heterocycles. The molecule has 3 fully saturated rings. The molecule has 3 saturated heterocycles. The van der Waals surface area contributed by atoms with E-state index in [1.54, 1.807) is 15.9 Å². The van der Waals surface area contributed by atoms with Gasteiger partial charge in [-0.1, -0.05) is 67.6 Å². The molecule has 2 aromatic rings. The Hall–Kier alpha value is -3.75. The largest absolute Gasteiger partial charge is 0.465 e. The Morgan fingerprint density at radius 1 is 1.11 bits per heavy atom. The van der Waals surface area contributed by atoms with Gasteiger partial charge >= 0.3 is 5.97 Å². The van der Waals surface area contributed by atoms with Crippen LogP contribution in [0.15, 0.2) is 73.8 Å². The molecule has 2 aromatic carbocycles. The minimum atomic E-state index is -1.27. The van der Waals surface area contributed by atoms with Crippen molar-refractivity contribution in [2.75, 3.05) is 24.7 Å². The molecule has 2 bridgehead atoms. The Morgan fingerprint density at radius 3 is 2.43 bits per heavy atom. The second kappa shape index (κ2) is 13.5. The average molecular weight is 629 g/mol. The van der Waals surface area contributed by atoms with Crippen LogP contribution in [0.25, 0.3) is 0 Å². The van der Waals surface area contributed by atoms with Crippen LogP contribution in [0, 0.1) is 31.6 Å². The van der Waals surface area contributed by atoms with Crippen molar-refractivity contribution in [1.82, 2.24) is 4.90 Å². The maximum atomic E-state index is 15.2. The molecule has 2 amide bonds. The first-order valence-corrected chi connectivity index (χ1v) is 16.5. The third-order valence-corrected chi connectivity index (χ3v) is 10.5. The van der Waals surface area contributed by atoms with E-state index in [1.807, 2.05) is 82.3 Å². The number of hydrogen-bond donors (Lipinski definition) is 1. The number of para-hydroxylation sites is 1. The first-order valence-electron chi connectivity index (χ1n) is 16.5. The highest BCUT2D eigenvalue weighted by Crippen LogP contribution is 2.66. The van der Waals surface area contributed by atoms with Crippen LogP contribution in [0.2, 0.25) is 0 Å². The van der Waals surface area contributed by atoms with Crippen LogP contribution in [0.3, 0.4) is 0 Å². The average Bonchev–Trinajstić information content (AvgIpc) is 3.55. The fourth-order valence-corrected chi connectivity index (χ4v) is 8.30. The Labute approximate surface area is 273 Å². The van der Waals surface area contributed by atoms with Crippen LogP contribution < -0.4 is 4.90 Å². The molecule has 7 atom stereocenters. The number of aryl methyl sites for hydroxylation is 2. The van der Waals surface area contributed by atoms with Gasteiger partial charge in [0, 0.05) is 12.2 Å². The summed E-state index contributed by atoms with van der Waals surface area (Å²) in [5.41, 5.74) is 1.25. The fraction of sp³-hybridized carbons (Fsp3) is 0.500. The van der Waals surface area contributed by atoms with Crippen molar-refractivity contribution >= 4 is 23.5 Å². The van der Waals surface area contributed by atoms with Crippen LogP contribution in [-0.4, -0.2) is 70.8 Å².